The first-order valence-corrected chi connectivity index (χ1v) is 11.7. The molecule has 0 aliphatic carbocycles. The minimum atomic E-state index is -3.48. The second-order valence-electron chi connectivity index (χ2n) is 6.86. The number of thiocarbonyl (C=S) groups is 1. The number of hydrogen-bond acceptors (Lipinski definition) is 5. The topological polar surface area (TPSA) is 87.7 Å². The molecule has 1 fully saturated rings. The number of nitrogens with one attached hydrogen (secondary N) is 2. The van der Waals surface area contributed by atoms with Gasteiger partial charge in [0.05, 0.1) is 11.5 Å². The molecule has 1 aliphatic rings. The van der Waals surface area contributed by atoms with Crippen LogP contribution < -0.4 is 15.4 Å². The number of carbonyl (C=O) groups is 1. The summed E-state index contributed by atoms with van der Waals surface area (Å²) in [4.78, 5) is 12.6. The van der Waals surface area contributed by atoms with Crippen LogP contribution in [-0.4, -0.2) is 43.4 Å². The van der Waals surface area contributed by atoms with Crippen LogP contribution in [-0.2, 0) is 10.0 Å². The van der Waals surface area contributed by atoms with Gasteiger partial charge in [0, 0.05) is 24.3 Å². The van der Waals surface area contributed by atoms with Gasteiger partial charge in [0.15, 0.2) is 5.11 Å². The van der Waals surface area contributed by atoms with Crippen molar-refractivity contribution in [2.24, 2.45) is 0 Å². The zero-order chi connectivity index (χ0) is 21.6. The average molecular weight is 448 g/mol. The van der Waals surface area contributed by atoms with E-state index in [-0.39, 0.29) is 15.9 Å². The van der Waals surface area contributed by atoms with E-state index in [2.05, 4.69) is 10.6 Å². The zero-order valence-electron chi connectivity index (χ0n) is 16.8. The fourth-order valence-corrected chi connectivity index (χ4v) is 4.92. The molecule has 2 aromatic carbocycles. The van der Waals surface area contributed by atoms with Gasteiger partial charge in [0.25, 0.3) is 5.91 Å². The predicted molar refractivity (Wildman–Crippen MR) is 120 cm³/mol. The number of carbonyl (C=O) groups excluding carboxylic acids is 1. The minimum Gasteiger partial charge on any atom is -0.494 e. The smallest absolute Gasteiger partial charge is 0.257 e. The van der Waals surface area contributed by atoms with Gasteiger partial charge >= 0.3 is 0 Å². The van der Waals surface area contributed by atoms with Crippen molar-refractivity contribution >= 4 is 38.9 Å². The molecular weight excluding hydrogens is 422 g/mol. The molecule has 0 bridgehead atoms. The van der Waals surface area contributed by atoms with Gasteiger partial charge in [-0.3, -0.25) is 10.1 Å². The van der Waals surface area contributed by atoms with E-state index in [1.54, 1.807) is 48.5 Å². The Balaban J connectivity index is 1.60. The van der Waals surface area contributed by atoms with E-state index in [1.165, 1.54) is 4.31 Å². The lowest BCUT2D eigenvalue weighted by Gasteiger charge is -2.25. The number of ether oxygens (including phenoxy) is 1. The maximum atomic E-state index is 12.7. The molecule has 0 saturated carbocycles. The Morgan fingerprint density at radius 2 is 1.80 bits per heavy atom. The SMILES string of the molecule is CCOc1cccc(C(=O)NC(=S)Nc2ccc(S(=O)(=O)N3CCCCC3)cc2)c1. The van der Waals surface area contributed by atoms with E-state index in [0.717, 1.165) is 19.3 Å². The third-order valence-electron chi connectivity index (χ3n) is 4.70. The van der Waals surface area contributed by atoms with Gasteiger partial charge in [0.1, 0.15) is 5.75 Å². The maximum absolute atomic E-state index is 12.7. The highest BCUT2D eigenvalue weighted by Gasteiger charge is 2.25. The van der Waals surface area contributed by atoms with Gasteiger partial charge in [-0.05, 0) is 74.4 Å². The number of anilines is 1. The van der Waals surface area contributed by atoms with E-state index in [0.29, 0.717) is 36.7 Å². The van der Waals surface area contributed by atoms with Crippen molar-refractivity contribution in [3.05, 3.63) is 54.1 Å². The molecule has 0 unspecified atom stereocenters. The lowest BCUT2D eigenvalue weighted by Crippen LogP contribution is -2.35. The van der Waals surface area contributed by atoms with Crippen molar-refractivity contribution in [3.63, 3.8) is 0 Å². The Bertz CT molecular complexity index is 1000. The van der Waals surface area contributed by atoms with Crippen LogP contribution in [0, 0.1) is 0 Å². The Kier molecular flexibility index (Phi) is 7.41. The van der Waals surface area contributed by atoms with Crippen LogP contribution in [0.3, 0.4) is 0 Å². The van der Waals surface area contributed by atoms with Crippen LogP contribution >= 0.6 is 12.2 Å². The van der Waals surface area contributed by atoms with Gasteiger partial charge in [0.2, 0.25) is 10.0 Å². The van der Waals surface area contributed by atoms with Crippen molar-refractivity contribution < 1.29 is 17.9 Å². The molecule has 2 N–H and O–H groups in total. The molecule has 0 spiro atoms. The normalized spacial score (nSPS) is 14.7. The molecule has 2 aromatic rings. The van der Waals surface area contributed by atoms with E-state index >= 15 is 0 Å². The quantitative estimate of drug-likeness (QED) is 0.660. The second-order valence-corrected chi connectivity index (χ2v) is 9.20. The molecule has 0 aromatic heterocycles. The Morgan fingerprint density at radius 1 is 1.10 bits per heavy atom. The number of nitrogens with zero attached hydrogens (tertiary/aromatic N) is 1. The molecule has 1 aliphatic heterocycles. The molecule has 1 heterocycles. The number of hydrogen-bond donors (Lipinski definition) is 2. The summed E-state index contributed by atoms with van der Waals surface area (Å²) in [6.45, 7) is 3.50. The summed E-state index contributed by atoms with van der Waals surface area (Å²) in [7, 11) is -3.48. The highest BCUT2D eigenvalue weighted by atomic mass is 32.2. The Hall–Kier alpha value is -2.49. The Labute approximate surface area is 182 Å². The van der Waals surface area contributed by atoms with Crippen molar-refractivity contribution in [2.45, 2.75) is 31.1 Å². The lowest BCUT2D eigenvalue weighted by molar-refractivity contribution is 0.0977. The van der Waals surface area contributed by atoms with Crippen molar-refractivity contribution in [3.8, 4) is 5.75 Å². The average Bonchev–Trinajstić information content (AvgIpc) is 2.75. The summed E-state index contributed by atoms with van der Waals surface area (Å²) in [5.74, 6) is 0.243. The summed E-state index contributed by atoms with van der Waals surface area (Å²) in [6, 6.07) is 13.2. The fourth-order valence-electron chi connectivity index (χ4n) is 3.20. The largest absolute Gasteiger partial charge is 0.494 e. The lowest BCUT2D eigenvalue weighted by atomic mass is 10.2. The van der Waals surface area contributed by atoms with E-state index in [9.17, 15) is 13.2 Å². The molecule has 3 rings (SSSR count). The molecule has 160 valence electrons. The Morgan fingerprint density at radius 3 is 2.47 bits per heavy atom. The zero-order valence-corrected chi connectivity index (χ0v) is 18.4. The van der Waals surface area contributed by atoms with Gasteiger partial charge in [-0.1, -0.05) is 12.5 Å². The monoisotopic (exact) mass is 447 g/mol. The number of piperidine rings is 1. The second kappa shape index (κ2) is 10.0. The molecule has 1 amide bonds. The van der Waals surface area contributed by atoms with Crippen LogP contribution in [0.4, 0.5) is 5.69 Å². The number of amides is 1. The van der Waals surface area contributed by atoms with E-state index < -0.39 is 10.0 Å². The van der Waals surface area contributed by atoms with Crippen LogP contribution in [0.1, 0.15) is 36.5 Å². The number of sulfonamides is 1. The number of rotatable bonds is 6. The minimum absolute atomic E-state index is 0.119. The van der Waals surface area contributed by atoms with Crippen molar-refractivity contribution in [1.29, 1.82) is 0 Å². The van der Waals surface area contributed by atoms with Gasteiger partial charge in [-0.15, -0.1) is 0 Å². The fraction of sp³-hybridized carbons (Fsp3) is 0.333. The molecule has 0 atom stereocenters. The molecule has 7 nitrogen and oxygen atoms in total. The predicted octanol–water partition coefficient (Wildman–Crippen LogP) is 3.39. The summed E-state index contributed by atoms with van der Waals surface area (Å²) in [6.07, 6.45) is 2.84. The highest BCUT2D eigenvalue weighted by Crippen LogP contribution is 2.22. The van der Waals surface area contributed by atoms with Gasteiger partial charge in [-0.25, -0.2) is 8.42 Å². The van der Waals surface area contributed by atoms with Gasteiger partial charge < -0.3 is 10.1 Å². The summed E-state index contributed by atoms with van der Waals surface area (Å²) < 4.78 is 32.3. The third-order valence-corrected chi connectivity index (χ3v) is 6.82. The van der Waals surface area contributed by atoms with Crippen LogP contribution in [0.2, 0.25) is 0 Å². The van der Waals surface area contributed by atoms with Crippen molar-refractivity contribution in [1.82, 2.24) is 9.62 Å². The van der Waals surface area contributed by atoms with Crippen molar-refractivity contribution in [2.75, 3.05) is 25.0 Å². The summed E-state index contributed by atoms with van der Waals surface area (Å²) in [5, 5.41) is 5.63. The molecular formula is C21H25N3O4S2. The van der Waals surface area contributed by atoms with E-state index in [4.69, 9.17) is 17.0 Å². The third kappa shape index (κ3) is 5.56. The van der Waals surface area contributed by atoms with Gasteiger partial charge in [-0.2, -0.15) is 4.31 Å². The first-order chi connectivity index (χ1) is 14.4. The van der Waals surface area contributed by atoms with Crippen LogP contribution in [0.5, 0.6) is 5.75 Å². The summed E-state index contributed by atoms with van der Waals surface area (Å²) >= 11 is 5.20. The first kappa shape index (κ1) is 22.2. The summed E-state index contributed by atoms with van der Waals surface area (Å²) in [5.41, 5.74) is 1.01. The standard InChI is InChI=1S/C21H25N3O4S2/c1-2-28-18-8-6-7-16(15-18)20(25)23-21(29)22-17-9-11-19(12-10-17)30(26,27)24-13-4-3-5-14-24/h6-12,15H,2-5,13-14H2,1H3,(H2,22,23,25,29). The van der Waals surface area contributed by atoms with Crippen LogP contribution in [0.25, 0.3) is 0 Å². The molecule has 0 radical (unpaired) electrons. The maximum Gasteiger partial charge on any atom is 0.257 e. The molecule has 1 saturated heterocycles. The van der Waals surface area contributed by atoms with E-state index in [1.807, 2.05) is 6.92 Å². The van der Waals surface area contributed by atoms with Crippen LogP contribution in [0.15, 0.2) is 53.4 Å². The molecule has 30 heavy (non-hydrogen) atoms. The first-order valence-electron chi connectivity index (χ1n) is 9.85. The molecule has 9 heteroatoms. The highest BCUT2D eigenvalue weighted by molar-refractivity contribution is 7.89. The number of benzene rings is 2.